The standard InChI is InChI=1S/C26H25ClN2O7S/c1-3-34-25(30)29(37(32,33)23-13-9-21(27)10-14-23)17-15-24(20-6-5-16-28-18-20)19-7-11-22(12-8-19)36-26(31)35-4-2/h5-16,18H,3-4,17H2,1-2H3/b24-15+. The van der Waals surface area contributed by atoms with Crippen LogP contribution in [0.25, 0.3) is 5.57 Å². The predicted octanol–water partition coefficient (Wildman–Crippen LogP) is 5.55. The van der Waals surface area contributed by atoms with Crippen LogP contribution in [-0.2, 0) is 19.5 Å². The zero-order valence-electron chi connectivity index (χ0n) is 20.2. The molecule has 0 fully saturated rings. The lowest BCUT2D eigenvalue weighted by Crippen LogP contribution is -2.37. The van der Waals surface area contributed by atoms with Crippen molar-refractivity contribution < 1.29 is 32.2 Å². The first-order valence-electron chi connectivity index (χ1n) is 11.3. The Kier molecular flexibility index (Phi) is 9.64. The van der Waals surface area contributed by atoms with Crippen molar-refractivity contribution in [1.82, 2.24) is 9.29 Å². The monoisotopic (exact) mass is 544 g/mol. The van der Waals surface area contributed by atoms with E-state index in [1.807, 2.05) is 0 Å². The summed E-state index contributed by atoms with van der Waals surface area (Å²) in [6, 6.07) is 15.5. The number of nitrogens with zero attached hydrogens (tertiary/aromatic N) is 2. The van der Waals surface area contributed by atoms with Gasteiger partial charge in [-0.25, -0.2) is 18.0 Å². The van der Waals surface area contributed by atoms with Gasteiger partial charge >= 0.3 is 12.2 Å². The van der Waals surface area contributed by atoms with Gasteiger partial charge in [0.1, 0.15) is 5.75 Å². The lowest BCUT2D eigenvalue weighted by atomic mass is 9.99. The Bertz CT molecular complexity index is 1340. The van der Waals surface area contributed by atoms with Crippen molar-refractivity contribution in [3.63, 3.8) is 0 Å². The second kappa shape index (κ2) is 12.9. The molecule has 3 aromatic rings. The molecule has 37 heavy (non-hydrogen) atoms. The molecule has 0 bridgehead atoms. The van der Waals surface area contributed by atoms with Crippen LogP contribution in [0.1, 0.15) is 25.0 Å². The van der Waals surface area contributed by atoms with Crippen molar-refractivity contribution >= 4 is 39.4 Å². The summed E-state index contributed by atoms with van der Waals surface area (Å²) in [6.45, 7) is 3.10. The van der Waals surface area contributed by atoms with Gasteiger partial charge in [0.15, 0.2) is 0 Å². The maximum atomic E-state index is 13.3. The van der Waals surface area contributed by atoms with Crippen LogP contribution in [-0.4, -0.2) is 49.7 Å². The molecule has 194 valence electrons. The van der Waals surface area contributed by atoms with Crippen molar-refractivity contribution in [2.24, 2.45) is 0 Å². The summed E-state index contributed by atoms with van der Waals surface area (Å²) in [5.74, 6) is 0.270. The molecule has 0 aliphatic heterocycles. The van der Waals surface area contributed by atoms with Crippen molar-refractivity contribution in [2.75, 3.05) is 19.8 Å². The van der Waals surface area contributed by atoms with E-state index < -0.39 is 22.3 Å². The highest BCUT2D eigenvalue weighted by Crippen LogP contribution is 2.26. The largest absolute Gasteiger partial charge is 0.513 e. The number of hydrogen-bond acceptors (Lipinski definition) is 8. The molecule has 1 amide bonds. The highest BCUT2D eigenvalue weighted by molar-refractivity contribution is 7.89. The van der Waals surface area contributed by atoms with Gasteiger partial charge in [0.05, 0.1) is 24.7 Å². The molecule has 9 nitrogen and oxygen atoms in total. The molecule has 0 saturated carbocycles. The summed E-state index contributed by atoms with van der Waals surface area (Å²) < 4.78 is 42.2. The number of benzene rings is 2. The number of ether oxygens (including phenoxy) is 3. The van der Waals surface area contributed by atoms with Crippen LogP contribution in [0.15, 0.2) is 84.0 Å². The van der Waals surface area contributed by atoms with Crippen LogP contribution in [0.5, 0.6) is 5.75 Å². The van der Waals surface area contributed by atoms with Crippen molar-refractivity contribution in [1.29, 1.82) is 0 Å². The second-order valence-corrected chi connectivity index (χ2v) is 9.66. The summed E-state index contributed by atoms with van der Waals surface area (Å²) in [4.78, 5) is 28.3. The maximum Gasteiger partial charge on any atom is 0.513 e. The first-order chi connectivity index (χ1) is 17.8. The molecule has 0 atom stereocenters. The van der Waals surface area contributed by atoms with Crippen LogP contribution < -0.4 is 4.74 Å². The number of hydrogen-bond donors (Lipinski definition) is 0. The van der Waals surface area contributed by atoms with E-state index in [9.17, 15) is 18.0 Å². The van der Waals surface area contributed by atoms with Gasteiger partial charge in [-0.15, -0.1) is 0 Å². The lowest BCUT2D eigenvalue weighted by Gasteiger charge is -2.21. The minimum atomic E-state index is -4.26. The molecular formula is C26H25ClN2O7S. The predicted molar refractivity (Wildman–Crippen MR) is 138 cm³/mol. The highest BCUT2D eigenvalue weighted by atomic mass is 35.5. The molecule has 3 rings (SSSR count). The molecule has 0 unspecified atom stereocenters. The van der Waals surface area contributed by atoms with E-state index in [-0.39, 0.29) is 30.4 Å². The van der Waals surface area contributed by atoms with Crippen LogP contribution >= 0.6 is 11.6 Å². The van der Waals surface area contributed by atoms with Gasteiger partial charge in [-0.2, -0.15) is 4.31 Å². The first kappa shape index (κ1) is 27.7. The Morgan fingerprint density at radius 2 is 1.62 bits per heavy atom. The summed E-state index contributed by atoms with van der Waals surface area (Å²) in [5, 5.41) is 0.357. The number of carbonyl (C=O) groups excluding carboxylic acids is 2. The number of aromatic nitrogens is 1. The fraction of sp³-hybridized carbons (Fsp3) is 0.192. The van der Waals surface area contributed by atoms with Crippen molar-refractivity contribution in [3.05, 3.63) is 95.3 Å². The lowest BCUT2D eigenvalue weighted by molar-refractivity contribution is 0.104. The van der Waals surface area contributed by atoms with E-state index in [0.29, 0.717) is 26.0 Å². The Hall–Kier alpha value is -3.89. The number of pyridine rings is 1. The third kappa shape index (κ3) is 7.31. The summed E-state index contributed by atoms with van der Waals surface area (Å²) in [6.07, 6.45) is 2.96. The number of amides is 1. The third-order valence-electron chi connectivity index (χ3n) is 4.94. The fourth-order valence-electron chi connectivity index (χ4n) is 3.24. The summed E-state index contributed by atoms with van der Waals surface area (Å²) >= 11 is 5.90. The zero-order valence-corrected chi connectivity index (χ0v) is 21.7. The topological polar surface area (TPSA) is 112 Å². The number of halogens is 1. The molecule has 0 saturated heterocycles. The molecule has 1 aromatic heterocycles. The molecule has 0 spiro atoms. The summed E-state index contributed by atoms with van der Waals surface area (Å²) in [5.41, 5.74) is 1.93. The SMILES string of the molecule is CCOC(=O)Oc1ccc(/C(=C\CN(C(=O)OCC)S(=O)(=O)c2ccc(Cl)cc2)c2cccnc2)cc1. The Morgan fingerprint density at radius 1 is 0.946 bits per heavy atom. The van der Waals surface area contributed by atoms with Gasteiger partial charge < -0.3 is 14.2 Å². The number of carbonyl (C=O) groups is 2. The van der Waals surface area contributed by atoms with Gasteiger partial charge in [0, 0.05) is 23.0 Å². The zero-order chi connectivity index (χ0) is 26.8. The van der Waals surface area contributed by atoms with Gasteiger partial charge in [-0.3, -0.25) is 4.98 Å². The molecule has 1 heterocycles. The van der Waals surface area contributed by atoms with E-state index in [4.69, 9.17) is 25.8 Å². The normalized spacial score (nSPS) is 11.5. The van der Waals surface area contributed by atoms with Crippen LogP contribution in [0.3, 0.4) is 0 Å². The minimum absolute atomic E-state index is 0.00737. The maximum absolute atomic E-state index is 13.3. The minimum Gasteiger partial charge on any atom is -0.449 e. The molecule has 0 N–H and O–H groups in total. The van der Waals surface area contributed by atoms with E-state index in [1.54, 1.807) is 68.7 Å². The van der Waals surface area contributed by atoms with E-state index in [1.165, 1.54) is 24.3 Å². The second-order valence-electron chi connectivity index (χ2n) is 7.36. The highest BCUT2D eigenvalue weighted by Gasteiger charge is 2.30. The first-order valence-corrected chi connectivity index (χ1v) is 13.1. The third-order valence-corrected chi connectivity index (χ3v) is 6.93. The smallest absolute Gasteiger partial charge is 0.449 e. The average molecular weight is 545 g/mol. The number of rotatable bonds is 9. The molecule has 11 heteroatoms. The molecular weight excluding hydrogens is 520 g/mol. The van der Waals surface area contributed by atoms with Crippen molar-refractivity contribution in [2.45, 2.75) is 18.7 Å². The summed E-state index contributed by atoms with van der Waals surface area (Å²) in [7, 11) is -4.26. The number of sulfonamides is 1. The molecule has 0 radical (unpaired) electrons. The molecule has 2 aromatic carbocycles. The van der Waals surface area contributed by atoms with E-state index >= 15 is 0 Å². The van der Waals surface area contributed by atoms with Gasteiger partial charge in [0.25, 0.3) is 10.0 Å². The van der Waals surface area contributed by atoms with E-state index in [2.05, 4.69) is 4.98 Å². The quantitative estimate of drug-likeness (QED) is 0.254. The van der Waals surface area contributed by atoms with Crippen LogP contribution in [0.4, 0.5) is 9.59 Å². The molecule has 0 aliphatic carbocycles. The van der Waals surface area contributed by atoms with E-state index in [0.717, 1.165) is 0 Å². The van der Waals surface area contributed by atoms with Crippen molar-refractivity contribution in [3.8, 4) is 5.75 Å². The Labute approximate surface area is 220 Å². The fourth-order valence-corrected chi connectivity index (χ4v) is 4.63. The molecule has 0 aliphatic rings. The van der Waals surface area contributed by atoms with Gasteiger partial charge in [-0.05, 0) is 67.4 Å². The Balaban J connectivity index is 1.99. The van der Waals surface area contributed by atoms with Gasteiger partial charge in [0.2, 0.25) is 0 Å². The van der Waals surface area contributed by atoms with Gasteiger partial charge in [-0.1, -0.05) is 35.9 Å². The average Bonchev–Trinajstić information content (AvgIpc) is 2.88. The Morgan fingerprint density at radius 3 is 2.22 bits per heavy atom. The van der Waals surface area contributed by atoms with Crippen LogP contribution in [0.2, 0.25) is 5.02 Å². The van der Waals surface area contributed by atoms with Crippen LogP contribution in [0, 0.1) is 0 Å².